The van der Waals surface area contributed by atoms with E-state index in [9.17, 15) is 26.4 Å². The van der Waals surface area contributed by atoms with Gasteiger partial charge in [-0.15, -0.1) is 0 Å². The van der Waals surface area contributed by atoms with Gasteiger partial charge in [-0.3, -0.25) is 4.31 Å². The van der Waals surface area contributed by atoms with Crippen LogP contribution in [0.1, 0.15) is 32.9 Å². The number of anilines is 1. The highest BCUT2D eigenvalue weighted by Gasteiger charge is 2.32. The van der Waals surface area contributed by atoms with Crippen LogP contribution in [0.15, 0.2) is 102 Å². The average Bonchev–Trinajstić information content (AvgIpc) is 3.45. The second kappa shape index (κ2) is 13.6. The Kier molecular flexibility index (Phi) is 9.81. The molecule has 7 nitrogen and oxygen atoms in total. The van der Waals surface area contributed by atoms with Crippen molar-refractivity contribution in [2.45, 2.75) is 17.6 Å². The lowest BCUT2D eigenvalue weighted by atomic mass is 10.1. The molecule has 0 spiro atoms. The fourth-order valence-electron chi connectivity index (χ4n) is 4.67. The summed E-state index contributed by atoms with van der Waals surface area (Å²) in [6.07, 6.45) is 0.745. The highest BCUT2D eigenvalue weighted by molar-refractivity contribution is 7.92. The minimum absolute atomic E-state index is 0.260. The van der Waals surface area contributed by atoms with Crippen LogP contribution >= 0.6 is 23.2 Å². The number of aromatic nitrogens is 2. The molecule has 0 N–H and O–H groups in total. The number of rotatable bonds is 9. The summed E-state index contributed by atoms with van der Waals surface area (Å²) in [5.41, 5.74) is 2.53. The van der Waals surface area contributed by atoms with E-state index in [2.05, 4.69) is 0 Å². The quantitative estimate of drug-likeness (QED) is 0.144. The SMILES string of the molecule is COC(=O)c1ccc(Cn2cc(-c3ccc(Cl)cc3Cl)nc2/C=C/c2ccc(N(C)S(=O)(=O)c3cccc(C(F)(F)F)c3)cc2)cc1. The molecular weight excluding hydrogens is 674 g/mol. The van der Waals surface area contributed by atoms with E-state index in [1.165, 1.54) is 14.2 Å². The van der Waals surface area contributed by atoms with E-state index in [-0.39, 0.29) is 5.69 Å². The summed E-state index contributed by atoms with van der Waals surface area (Å²) in [6.45, 7) is 0.413. The minimum atomic E-state index is -4.68. The van der Waals surface area contributed by atoms with Crippen molar-refractivity contribution >= 4 is 57.0 Å². The fourth-order valence-corrected chi connectivity index (χ4v) is 6.42. The van der Waals surface area contributed by atoms with Crippen LogP contribution in [-0.2, 0) is 27.5 Å². The largest absolute Gasteiger partial charge is 0.465 e. The summed E-state index contributed by atoms with van der Waals surface area (Å²) in [6, 6.07) is 22.2. The summed E-state index contributed by atoms with van der Waals surface area (Å²) in [7, 11) is -1.67. The molecule has 0 aliphatic carbocycles. The highest BCUT2D eigenvalue weighted by atomic mass is 35.5. The first-order valence-electron chi connectivity index (χ1n) is 13.9. The molecule has 0 aliphatic heterocycles. The van der Waals surface area contributed by atoms with Gasteiger partial charge in [0.05, 0.1) is 39.5 Å². The van der Waals surface area contributed by atoms with Gasteiger partial charge in [-0.05, 0) is 77.9 Å². The van der Waals surface area contributed by atoms with Gasteiger partial charge in [0, 0.05) is 30.4 Å². The molecule has 0 aliphatic rings. The molecule has 0 saturated carbocycles. The van der Waals surface area contributed by atoms with Crippen molar-refractivity contribution in [3.63, 3.8) is 0 Å². The molecule has 1 heterocycles. The van der Waals surface area contributed by atoms with Crippen molar-refractivity contribution in [2.75, 3.05) is 18.5 Å². The molecule has 5 rings (SSSR count). The Labute approximate surface area is 279 Å². The van der Waals surface area contributed by atoms with E-state index >= 15 is 0 Å². The van der Waals surface area contributed by atoms with Crippen molar-refractivity contribution in [1.29, 1.82) is 0 Å². The molecule has 0 bridgehead atoms. The van der Waals surface area contributed by atoms with E-state index in [4.69, 9.17) is 32.9 Å². The predicted molar refractivity (Wildman–Crippen MR) is 177 cm³/mol. The van der Waals surface area contributed by atoms with Crippen LogP contribution in [-0.4, -0.2) is 38.1 Å². The fraction of sp³-hybridized carbons (Fsp3) is 0.118. The molecule has 0 amide bonds. The summed E-state index contributed by atoms with van der Waals surface area (Å²) in [4.78, 5) is 16.2. The molecule has 1 aromatic heterocycles. The standard InChI is InChI=1S/C34H26Cl2F3N3O4S/c1-41(47(44,45)28-5-3-4-25(18-28)34(37,38)39)27-14-8-22(9-15-27)10-17-32-40-31(29-16-13-26(35)19-30(29)36)21-42(32)20-23-6-11-24(12-7-23)33(43)46-2/h3-19,21H,20H2,1-2H3/b17-10+. The molecule has 0 radical (unpaired) electrons. The molecule has 242 valence electrons. The number of ether oxygens (including phenoxy) is 1. The number of alkyl halides is 3. The zero-order valence-corrected chi connectivity index (χ0v) is 27.2. The van der Waals surface area contributed by atoms with E-state index < -0.39 is 32.6 Å². The third-order valence-electron chi connectivity index (χ3n) is 7.24. The zero-order valence-electron chi connectivity index (χ0n) is 24.9. The topological polar surface area (TPSA) is 81.5 Å². The van der Waals surface area contributed by atoms with Gasteiger partial charge < -0.3 is 9.30 Å². The number of hydrogen-bond donors (Lipinski definition) is 0. The van der Waals surface area contributed by atoms with Gasteiger partial charge in [-0.2, -0.15) is 13.2 Å². The second-order valence-corrected chi connectivity index (χ2v) is 13.2. The first-order valence-corrected chi connectivity index (χ1v) is 16.1. The van der Waals surface area contributed by atoms with Gasteiger partial charge >= 0.3 is 12.1 Å². The number of carbonyl (C=O) groups is 1. The lowest BCUT2D eigenvalue weighted by Gasteiger charge is -2.20. The number of sulfonamides is 1. The molecule has 0 atom stereocenters. The maximum absolute atomic E-state index is 13.2. The molecule has 13 heteroatoms. The van der Waals surface area contributed by atoms with Crippen LogP contribution < -0.4 is 4.31 Å². The normalized spacial score (nSPS) is 12.0. The van der Waals surface area contributed by atoms with Gasteiger partial charge in [0.1, 0.15) is 5.82 Å². The monoisotopic (exact) mass is 699 g/mol. The summed E-state index contributed by atoms with van der Waals surface area (Å²) < 4.78 is 73.4. The number of nitrogens with zero attached hydrogens (tertiary/aromatic N) is 3. The van der Waals surface area contributed by atoms with Gasteiger partial charge in [0.25, 0.3) is 10.0 Å². The number of esters is 1. The summed E-state index contributed by atoms with van der Waals surface area (Å²) in [5, 5.41) is 0.917. The van der Waals surface area contributed by atoms with Gasteiger partial charge in [0.15, 0.2) is 0 Å². The average molecular weight is 701 g/mol. The van der Waals surface area contributed by atoms with E-state index in [1.54, 1.807) is 66.7 Å². The second-order valence-electron chi connectivity index (χ2n) is 10.3. The Morgan fingerprint density at radius 2 is 1.66 bits per heavy atom. The van der Waals surface area contributed by atoms with Gasteiger partial charge in [-0.25, -0.2) is 18.2 Å². The number of imidazole rings is 1. The molecule has 5 aromatic rings. The van der Waals surface area contributed by atoms with Crippen molar-refractivity contribution in [3.8, 4) is 11.3 Å². The molecule has 4 aromatic carbocycles. The number of halogens is 5. The Hall–Kier alpha value is -4.58. The number of hydrogen-bond acceptors (Lipinski definition) is 5. The van der Waals surface area contributed by atoms with Crippen LogP contribution in [0, 0.1) is 0 Å². The Morgan fingerprint density at radius 3 is 2.30 bits per heavy atom. The lowest BCUT2D eigenvalue weighted by molar-refractivity contribution is -0.137. The Balaban J connectivity index is 1.41. The summed E-state index contributed by atoms with van der Waals surface area (Å²) in [5.74, 6) is 0.143. The smallest absolute Gasteiger partial charge is 0.416 e. The number of carbonyl (C=O) groups excluding carboxylic acids is 1. The first kappa shape index (κ1) is 33.8. The third-order valence-corrected chi connectivity index (χ3v) is 9.57. The highest BCUT2D eigenvalue weighted by Crippen LogP contribution is 2.33. The van der Waals surface area contributed by atoms with Crippen LogP contribution in [0.2, 0.25) is 10.0 Å². The van der Waals surface area contributed by atoms with E-state index in [1.807, 2.05) is 22.9 Å². The van der Waals surface area contributed by atoms with Crippen LogP contribution in [0.5, 0.6) is 0 Å². The van der Waals surface area contributed by atoms with Crippen molar-refractivity contribution in [3.05, 3.63) is 135 Å². The molecular formula is C34H26Cl2F3N3O4S. The first-order chi connectivity index (χ1) is 22.3. The molecule has 0 unspecified atom stereocenters. The van der Waals surface area contributed by atoms with Crippen molar-refractivity contribution in [2.24, 2.45) is 0 Å². The number of methoxy groups -OCH3 is 1. The van der Waals surface area contributed by atoms with Crippen LogP contribution in [0.4, 0.5) is 18.9 Å². The van der Waals surface area contributed by atoms with Crippen molar-refractivity contribution < 1.29 is 31.1 Å². The van der Waals surface area contributed by atoms with Crippen molar-refractivity contribution in [1.82, 2.24) is 9.55 Å². The van der Waals surface area contributed by atoms with Crippen LogP contribution in [0.3, 0.4) is 0 Å². The van der Waals surface area contributed by atoms with E-state index in [0.717, 1.165) is 28.1 Å². The van der Waals surface area contributed by atoms with Gasteiger partial charge in [-0.1, -0.05) is 59.6 Å². The zero-order chi connectivity index (χ0) is 33.9. The number of benzene rings is 4. The molecule has 0 fully saturated rings. The minimum Gasteiger partial charge on any atom is -0.465 e. The summed E-state index contributed by atoms with van der Waals surface area (Å²) >= 11 is 12.6. The molecule has 0 saturated heterocycles. The predicted octanol–water partition coefficient (Wildman–Crippen LogP) is 8.71. The van der Waals surface area contributed by atoms with E-state index in [0.29, 0.717) is 50.9 Å². The maximum Gasteiger partial charge on any atom is 0.416 e. The molecule has 47 heavy (non-hydrogen) atoms. The Bertz CT molecular complexity index is 2060. The Morgan fingerprint density at radius 1 is 0.957 bits per heavy atom. The lowest BCUT2D eigenvalue weighted by Crippen LogP contribution is -2.26. The van der Waals surface area contributed by atoms with Gasteiger partial charge in [0.2, 0.25) is 0 Å². The van der Waals surface area contributed by atoms with Crippen LogP contribution in [0.25, 0.3) is 23.4 Å². The third kappa shape index (κ3) is 7.70. The maximum atomic E-state index is 13.2.